The van der Waals surface area contributed by atoms with Crippen molar-refractivity contribution in [3.8, 4) is 0 Å². The van der Waals surface area contributed by atoms with Crippen molar-refractivity contribution in [2.24, 2.45) is 5.41 Å². The molecule has 0 aromatic rings. The molecule has 0 rings (SSSR count). The second-order valence-electron chi connectivity index (χ2n) is 6.20. The average Bonchev–Trinajstić information content (AvgIpc) is 2.79. The molecular formula is C20H31N3O8. The van der Waals surface area contributed by atoms with Gasteiger partial charge in [0, 0.05) is 6.08 Å². The lowest BCUT2D eigenvalue weighted by atomic mass is 9.88. The Morgan fingerprint density at radius 1 is 0.806 bits per heavy atom. The van der Waals surface area contributed by atoms with Gasteiger partial charge in [-0.1, -0.05) is 26.7 Å². The third kappa shape index (κ3) is 13.6. The number of alkyl carbamates (subject to hydrolysis) is 1. The molecule has 0 aliphatic carbocycles. The summed E-state index contributed by atoms with van der Waals surface area (Å²) in [6.07, 6.45) is 3.03. The second kappa shape index (κ2) is 16.6. The van der Waals surface area contributed by atoms with Crippen molar-refractivity contribution in [3.05, 3.63) is 38.0 Å². The number of carbonyl (C=O) groups is 4. The fraction of sp³-hybridized carbons (Fsp3) is 0.500. The molecule has 3 N–H and O–H groups in total. The predicted molar refractivity (Wildman–Crippen MR) is 112 cm³/mol. The Hall–Kier alpha value is -3.18. The van der Waals surface area contributed by atoms with Gasteiger partial charge in [0.15, 0.2) is 0 Å². The van der Waals surface area contributed by atoms with Crippen LogP contribution in [-0.4, -0.2) is 70.3 Å². The molecule has 0 aromatic carbocycles. The minimum Gasteiger partial charge on any atom is -0.461 e. The molecule has 0 atom stereocenters. The first-order valence-electron chi connectivity index (χ1n) is 9.48. The summed E-state index contributed by atoms with van der Waals surface area (Å²) in [6, 6.07) is 0. The summed E-state index contributed by atoms with van der Waals surface area (Å²) in [5.74, 6) is -1.38. The van der Waals surface area contributed by atoms with Crippen LogP contribution in [0.15, 0.2) is 38.0 Å². The number of esters is 1. The van der Waals surface area contributed by atoms with E-state index in [1.54, 1.807) is 0 Å². The van der Waals surface area contributed by atoms with E-state index in [1.165, 1.54) is 0 Å². The van der Waals surface area contributed by atoms with Gasteiger partial charge in [0.1, 0.15) is 26.7 Å². The predicted octanol–water partition coefficient (Wildman–Crippen LogP) is 0.391. The Morgan fingerprint density at radius 3 is 1.81 bits per heavy atom. The highest BCUT2D eigenvalue weighted by Gasteiger charge is 2.31. The van der Waals surface area contributed by atoms with Gasteiger partial charge in [-0.15, -0.1) is 0 Å². The summed E-state index contributed by atoms with van der Waals surface area (Å²) in [7, 11) is 0. The van der Waals surface area contributed by atoms with Crippen LogP contribution in [0, 0.1) is 5.41 Å². The Labute approximate surface area is 181 Å². The van der Waals surface area contributed by atoms with Crippen molar-refractivity contribution in [2.45, 2.75) is 13.3 Å². The molecular weight excluding hydrogens is 410 g/mol. The third-order valence-corrected chi connectivity index (χ3v) is 3.93. The van der Waals surface area contributed by atoms with Crippen LogP contribution in [0.4, 0.5) is 4.79 Å². The van der Waals surface area contributed by atoms with Crippen LogP contribution < -0.4 is 16.0 Å². The topological polar surface area (TPSA) is 141 Å². The maximum atomic E-state index is 11.9. The highest BCUT2D eigenvalue weighted by molar-refractivity contribution is 5.87. The van der Waals surface area contributed by atoms with Crippen LogP contribution in [-0.2, 0) is 33.3 Å². The van der Waals surface area contributed by atoms with Gasteiger partial charge >= 0.3 is 12.1 Å². The second-order valence-corrected chi connectivity index (χ2v) is 6.20. The fourth-order valence-electron chi connectivity index (χ4n) is 1.99. The van der Waals surface area contributed by atoms with E-state index in [0.29, 0.717) is 6.42 Å². The number of hydrogen-bond donors (Lipinski definition) is 3. The van der Waals surface area contributed by atoms with E-state index < -0.39 is 29.3 Å². The van der Waals surface area contributed by atoms with Crippen LogP contribution in [0.25, 0.3) is 0 Å². The van der Waals surface area contributed by atoms with Gasteiger partial charge < -0.3 is 34.9 Å². The maximum Gasteiger partial charge on any atom is 0.407 e. The number of carbonyl (C=O) groups excluding carboxylic acids is 4. The number of nitrogens with one attached hydrogen (secondary N) is 3. The molecule has 0 heterocycles. The Balaban J connectivity index is 4.67. The van der Waals surface area contributed by atoms with Crippen LogP contribution in [0.3, 0.4) is 0 Å². The molecule has 174 valence electrons. The summed E-state index contributed by atoms with van der Waals surface area (Å²) in [5, 5.41) is 7.40. The molecule has 0 saturated carbocycles. The molecule has 0 fully saturated rings. The van der Waals surface area contributed by atoms with Crippen molar-refractivity contribution >= 4 is 23.9 Å². The van der Waals surface area contributed by atoms with Gasteiger partial charge in [-0.3, -0.25) is 9.59 Å². The molecule has 0 bridgehead atoms. The van der Waals surface area contributed by atoms with E-state index in [4.69, 9.17) is 18.9 Å². The smallest absolute Gasteiger partial charge is 0.407 e. The largest absolute Gasteiger partial charge is 0.461 e. The van der Waals surface area contributed by atoms with Gasteiger partial charge in [-0.25, -0.2) is 9.59 Å². The maximum absolute atomic E-state index is 11.9. The van der Waals surface area contributed by atoms with Gasteiger partial charge in [-0.2, -0.15) is 0 Å². The SMILES string of the molecule is C=CC(=O)NCOCC(CC)(COCNC(=O)C=C)COC(=O)NCCOC(=O)C=C. The van der Waals surface area contributed by atoms with Crippen molar-refractivity contribution in [3.63, 3.8) is 0 Å². The average molecular weight is 441 g/mol. The van der Waals surface area contributed by atoms with Crippen LogP contribution in [0.5, 0.6) is 0 Å². The molecule has 0 spiro atoms. The van der Waals surface area contributed by atoms with Crippen LogP contribution in [0.2, 0.25) is 0 Å². The van der Waals surface area contributed by atoms with E-state index in [1.807, 2.05) is 6.92 Å². The van der Waals surface area contributed by atoms with E-state index in [2.05, 4.69) is 35.7 Å². The molecule has 0 saturated heterocycles. The number of hydrogen-bond acceptors (Lipinski definition) is 8. The van der Waals surface area contributed by atoms with Gasteiger partial charge in [0.2, 0.25) is 11.8 Å². The highest BCUT2D eigenvalue weighted by Crippen LogP contribution is 2.24. The number of amides is 3. The highest BCUT2D eigenvalue weighted by atomic mass is 16.6. The summed E-state index contributed by atoms with van der Waals surface area (Å²) < 4.78 is 21.0. The lowest BCUT2D eigenvalue weighted by Gasteiger charge is -2.31. The molecule has 3 amide bonds. The van der Waals surface area contributed by atoms with Crippen molar-refractivity contribution in [1.82, 2.24) is 16.0 Å². The zero-order valence-electron chi connectivity index (χ0n) is 17.8. The molecule has 31 heavy (non-hydrogen) atoms. The molecule has 0 aromatic heterocycles. The van der Waals surface area contributed by atoms with Gasteiger partial charge in [-0.05, 0) is 18.6 Å². The number of rotatable bonds is 17. The first-order valence-corrected chi connectivity index (χ1v) is 9.48. The quantitative estimate of drug-likeness (QED) is 0.127. The fourth-order valence-corrected chi connectivity index (χ4v) is 1.99. The van der Waals surface area contributed by atoms with Crippen LogP contribution in [0.1, 0.15) is 13.3 Å². The van der Waals surface area contributed by atoms with E-state index in [9.17, 15) is 19.2 Å². The molecule has 0 unspecified atom stereocenters. The molecule has 0 aliphatic heterocycles. The lowest BCUT2D eigenvalue weighted by Crippen LogP contribution is -2.41. The minimum atomic E-state index is -0.746. The van der Waals surface area contributed by atoms with Crippen LogP contribution >= 0.6 is 0 Å². The Kier molecular flexibility index (Phi) is 14.9. The van der Waals surface area contributed by atoms with Crippen molar-refractivity contribution in [2.75, 3.05) is 46.4 Å². The minimum absolute atomic E-state index is 0.0307. The van der Waals surface area contributed by atoms with E-state index >= 15 is 0 Å². The summed E-state index contributed by atoms with van der Waals surface area (Å²) in [5.41, 5.74) is -0.746. The monoisotopic (exact) mass is 441 g/mol. The lowest BCUT2D eigenvalue weighted by molar-refractivity contribution is -0.137. The summed E-state index contributed by atoms with van der Waals surface area (Å²) >= 11 is 0. The summed E-state index contributed by atoms with van der Waals surface area (Å²) in [6.45, 7) is 11.8. The zero-order chi connectivity index (χ0) is 23.5. The standard InChI is InChI=1S/C20H31N3O8/c1-5-16(24)22-14-28-11-20(8-4,12-29-15-23-17(25)6-2)13-31-19(27)21-9-10-30-18(26)7-3/h5-7H,1-3,8-15H2,4H3,(H,21,27)(H,22,24)(H,23,25). The normalized spacial score (nSPS) is 10.4. The summed E-state index contributed by atoms with van der Waals surface area (Å²) in [4.78, 5) is 45.3. The molecule has 11 nitrogen and oxygen atoms in total. The van der Waals surface area contributed by atoms with Gasteiger partial charge in [0.25, 0.3) is 0 Å². The molecule has 0 radical (unpaired) electrons. The van der Waals surface area contributed by atoms with E-state index in [-0.39, 0.29) is 46.4 Å². The first-order chi connectivity index (χ1) is 14.8. The molecule has 0 aliphatic rings. The first kappa shape index (κ1) is 27.8. The Bertz CT molecular complexity index is 608. The van der Waals surface area contributed by atoms with E-state index in [0.717, 1.165) is 18.2 Å². The number of ether oxygens (including phenoxy) is 4. The third-order valence-electron chi connectivity index (χ3n) is 3.93. The zero-order valence-corrected chi connectivity index (χ0v) is 17.8. The van der Waals surface area contributed by atoms with Crippen molar-refractivity contribution in [1.29, 1.82) is 0 Å². The Morgan fingerprint density at radius 2 is 1.35 bits per heavy atom. The van der Waals surface area contributed by atoms with Gasteiger partial charge in [0.05, 0.1) is 25.2 Å². The van der Waals surface area contributed by atoms with Crippen molar-refractivity contribution < 1.29 is 38.1 Å². The molecule has 11 heteroatoms.